The Hall–Kier alpha value is -0.720. The van der Waals surface area contributed by atoms with Crippen LogP contribution in [0.3, 0.4) is 0 Å². The number of hydrogen-bond donors (Lipinski definition) is 1. The van der Waals surface area contributed by atoms with Crippen molar-refractivity contribution < 1.29 is 9.00 Å². The maximum absolute atomic E-state index is 12.6. The number of rotatable bonds is 7. The Morgan fingerprint density at radius 1 is 1.48 bits per heavy atom. The zero-order chi connectivity index (χ0) is 15.4. The summed E-state index contributed by atoms with van der Waals surface area (Å²) in [5.74, 6) is 1.82. The van der Waals surface area contributed by atoms with Crippen molar-refractivity contribution in [2.75, 3.05) is 18.1 Å². The first-order valence-electron chi connectivity index (χ1n) is 7.47. The summed E-state index contributed by atoms with van der Waals surface area (Å²) in [5, 5.41) is 5.48. The van der Waals surface area contributed by atoms with E-state index in [1.165, 1.54) is 0 Å². The summed E-state index contributed by atoms with van der Waals surface area (Å²) in [6.07, 6.45) is 0.781. The maximum Gasteiger partial charge on any atom is 0.241 e. The number of carbonyl (C=O) groups excluding carboxylic acids is 1. The van der Waals surface area contributed by atoms with E-state index in [0.29, 0.717) is 24.0 Å². The quantitative estimate of drug-likeness (QED) is 0.836. The third-order valence-corrected chi connectivity index (χ3v) is 5.86. The molecule has 3 unspecified atom stereocenters. The minimum atomic E-state index is -0.840. The third kappa shape index (κ3) is 4.14. The molecule has 4 nitrogen and oxygen atoms in total. The van der Waals surface area contributed by atoms with Crippen molar-refractivity contribution in [3.8, 4) is 0 Å². The highest BCUT2D eigenvalue weighted by Gasteiger charge is 2.39. The van der Waals surface area contributed by atoms with Crippen molar-refractivity contribution in [2.45, 2.75) is 39.4 Å². The van der Waals surface area contributed by atoms with Gasteiger partial charge >= 0.3 is 0 Å². The summed E-state index contributed by atoms with van der Waals surface area (Å²) in [4.78, 5) is 15.6. The third-order valence-electron chi connectivity index (χ3n) is 3.65. The van der Waals surface area contributed by atoms with Gasteiger partial charge in [0.15, 0.2) is 0 Å². The summed E-state index contributed by atoms with van der Waals surface area (Å²) >= 11 is 1.65. The molecule has 1 saturated heterocycles. The standard InChI is InChI=1S/C15H24N2O2S2/c1-4-21(19)9-7-17-14(13-6-5-8-20-13)16-12(15(17)18)10-11(2)3/h5-6,8,11-12,14,16H,4,7,9-10H2,1-3H3. The van der Waals surface area contributed by atoms with Gasteiger partial charge in [0.2, 0.25) is 5.91 Å². The van der Waals surface area contributed by atoms with E-state index in [1.807, 2.05) is 23.3 Å². The van der Waals surface area contributed by atoms with Crippen LogP contribution < -0.4 is 5.32 Å². The van der Waals surface area contributed by atoms with E-state index in [4.69, 9.17) is 0 Å². The molecule has 118 valence electrons. The molecule has 2 heterocycles. The van der Waals surface area contributed by atoms with Gasteiger partial charge in [-0.1, -0.05) is 26.8 Å². The van der Waals surface area contributed by atoms with E-state index in [9.17, 15) is 9.00 Å². The lowest BCUT2D eigenvalue weighted by molar-refractivity contribution is -0.130. The van der Waals surface area contributed by atoms with Crippen LogP contribution in [-0.2, 0) is 15.6 Å². The predicted octanol–water partition coefficient (Wildman–Crippen LogP) is 2.36. The van der Waals surface area contributed by atoms with E-state index in [1.54, 1.807) is 11.3 Å². The van der Waals surface area contributed by atoms with Crippen molar-refractivity contribution in [1.82, 2.24) is 10.2 Å². The summed E-state index contributed by atoms with van der Waals surface area (Å²) in [6.45, 7) is 6.73. The smallest absolute Gasteiger partial charge is 0.241 e. The molecule has 1 aliphatic heterocycles. The van der Waals surface area contributed by atoms with Crippen molar-refractivity contribution in [3.05, 3.63) is 22.4 Å². The van der Waals surface area contributed by atoms with Crippen LogP contribution in [0.25, 0.3) is 0 Å². The van der Waals surface area contributed by atoms with Gasteiger partial charge in [-0.25, -0.2) is 0 Å². The topological polar surface area (TPSA) is 49.4 Å². The first kappa shape index (κ1) is 16.6. The number of carbonyl (C=O) groups is 1. The molecule has 1 N–H and O–H groups in total. The molecule has 21 heavy (non-hydrogen) atoms. The fourth-order valence-electron chi connectivity index (χ4n) is 2.59. The largest absolute Gasteiger partial charge is 0.320 e. The first-order chi connectivity index (χ1) is 10.0. The first-order valence-corrected chi connectivity index (χ1v) is 9.84. The summed E-state index contributed by atoms with van der Waals surface area (Å²) in [5.41, 5.74) is 0. The van der Waals surface area contributed by atoms with Crippen molar-refractivity contribution in [1.29, 1.82) is 0 Å². The van der Waals surface area contributed by atoms with Gasteiger partial charge in [-0.15, -0.1) is 11.3 Å². The van der Waals surface area contributed by atoms with E-state index in [-0.39, 0.29) is 18.1 Å². The minimum Gasteiger partial charge on any atom is -0.320 e. The minimum absolute atomic E-state index is 0.0601. The highest BCUT2D eigenvalue weighted by atomic mass is 32.2. The van der Waals surface area contributed by atoms with Gasteiger partial charge in [0, 0.05) is 33.7 Å². The zero-order valence-corrected chi connectivity index (χ0v) is 14.5. The van der Waals surface area contributed by atoms with Crippen LogP contribution in [0.2, 0.25) is 0 Å². The Morgan fingerprint density at radius 2 is 2.24 bits per heavy atom. The molecule has 3 atom stereocenters. The fourth-order valence-corrected chi connectivity index (χ4v) is 4.07. The molecular formula is C15H24N2O2S2. The predicted molar refractivity (Wildman–Crippen MR) is 88.7 cm³/mol. The number of amides is 1. The molecular weight excluding hydrogens is 304 g/mol. The normalized spacial score (nSPS) is 24.0. The fraction of sp³-hybridized carbons (Fsp3) is 0.667. The Bertz CT molecular complexity index is 488. The number of nitrogens with one attached hydrogen (secondary N) is 1. The summed E-state index contributed by atoms with van der Waals surface area (Å²) in [6, 6.07) is 3.94. The van der Waals surface area contributed by atoms with Crippen LogP contribution >= 0.6 is 11.3 Å². The highest BCUT2D eigenvalue weighted by molar-refractivity contribution is 7.84. The van der Waals surface area contributed by atoms with Gasteiger partial charge in [-0.05, 0) is 23.8 Å². The van der Waals surface area contributed by atoms with Crippen LogP contribution in [0.5, 0.6) is 0 Å². The van der Waals surface area contributed by atoms with Crippen molar-refractivity contribution in [3.63, 3.8) is 0 Å². The number of hydrogen-bond acceptors (Lipinski definition) is 4. The molecule has 1 aromatic heterocycles. The molecule has 6 heteroatoms. The second-order valence-corrected chi connectivity index (χ2v) is 8.58. The SMILES string of the molecule is CCS(=O)CCN1C(=O)C(CC(C)C)NC1c1cccs1. The van der Waals surface area contributed by atoms with Gasteiger partial charge in [-0.3, -0.25) is 14.3 Å². The lowest BCUT2D eigenvalue weighted by atomic mass is 10.0. The van der Waals surface area contributed by atoms with Gasteiger partial charge in [0.1, 0.15) is 6.17 Å². The van der Waals surface area contributed by atoms with Gasteiger partial charge in [0.05, 0.1) is 6.04 Å². The van der Waals surface area contributed by atoms with E-state index in [2.05, 4.69) is 25.2 Å². The van der Waals surface area contributed by atoms with E-state index in [0.717, 1.165) is 11.3 Å². The molecule has 0 aliphatic carbocycles. The lowest BCUT2D eigenvalue weighted by Gasteiger charge is -2.23. The molecule has 2 rings (SSSR count). The van der Waals surface area contributed by atoms with E-state index < -0.39 is 10.8 Å². The summed E-state index contributed by atoms with van der Waals surface area (Å²) in [7, 11) is -0.840. The van der Waals surface area contributed by atoms with Gasteiger partial charge < -0.3 is 4.90 Å². The van der Waals surface area contributed by atoms with Gasteiger partial charge in [-0.2, -0.15) is 0 Å². The Balaban J connectivity index is 2.12. The van der Waals surface area contributed by atoms with Crippen LogP contribution in [-0.4, -0.2) is 39.1 Å². The molecule has 1 fully saturated rings. The number of thiophene rings is 1. The molecule has 1 aliphatic rings. The molecule has 1 amide bonds. The Morgan fingerprint density at radius 3 is 2.81 bits per heavy atom. The Labute approximate surface area is 133 Å². The monoisotopic (exact) mass is 328 g/mol. The molecule has 0 bridgehead atoms. The average Bonchev–Trinajstić information content (AvgIpc) is 3.05. The van der Waals surface area contributed by atoms with Crippen molar-refractivity contribution >= 4 is 28.0 Å². The number of nitrogens with zero attached hydrogens (tertiary/aromatic N) is 1. The second-order valence-electron chi connectivity index (χ2n) is 5.73. The maximum atomic E-state index is 12.6. The summed E-state index contributed by atoms with van der Waals surface area (Å²) < 4.78 is 11.7. The molecule has 0 spiro atoms. The lowest BCUT2D eigenvalue weighted by Crippen LogP contribution is -2.34. The van der Waals surface area contributed by atoms with Gasteiger partial charge in [0.25, 0.3) is 0 Å². The Kier molecular flexibility index (Phi) is 5.96. The van der Waals surface area contributed by atoms with Crippen molar-refractivity contribution in [2.24, 2.45) is 5.92 Å². The zero-order valence-electron chi connectivity index (χ0n) is 12.9. The molecule has 1 aromatic rings. The highest BCUT2D eigenvalue weighted by Crippen LogP contribution is 2.30. The van der Waals surface area contributed by atoms with Crippen LogP contribution in [0.4, 0.5) is 0 Å². The molecule has 0 saturated carbocycles. The molecule has 0 radical (unpaired) electrons. The molecule has 0 aromatic carbocycles. The van der Waals surface area contributed by atoms with Crippen LogP contribution in [0.15, 0.2) is 17.5 Å². The van der Waals surface area contributed by atoms with Crippen LogP contribution in [0, 0.1) is 5.92 Å². The van der Waals surface area contributed by atoms with Crippen LogP contribution in [0.1, 0.15) is 38.2 Å². The second kappa shape index (κ2) is 7.51. The van der Waals surface area contributed by atoms with E-state index >= 15 is 0 Å². The average molecular weight is 329 g/mol.